The zero-order valence-corrected chi connectivity index (χ0v) is 16.4. The Kier molecular flexibility index (Phi) is 5.79. The molecule has 144 valence electrons. The smallest absolute Gasteiger partial charge is 0.255 e. The number of hydrogen-bond acceptors (Lipinski definition) is 5. The lowest BCUT2D eigenvalue weighted by Crippen LogP contribution is -2.12. The fraction of sp³-hybridized carbons (Fsp3) is 0.182. The van der Waals surface area contributed by atoms with Crippen molar-refractivity contribution in [3.63, 3.8) is 0 Å². The summed E-state index contributed by atoms with van der Waals surface area (Å²) in [6.07, 6.45) is 1.61. The predicted octanol–water partition coefficient (Wildman–Crippen LogP) is 4.71. The predicted molar refractivity (Wildman–Crippen MR) is 111 cm³/mol. The number of anilines is 3. The number of nitrogens with zero attached hydrogens (tertiary/aromatic N) is 1. The average molecular weight is 377 g/mol. The molecular weight excluding hydrogens is 354 g/mol. The Hall–Kier alpha value is -3.54. The van der Waals surface area contributed by atoms with Gasteiger partial charge in [-0.15, -0.1) is 0 Å². The van der Waals surface area contributed by atoms with Crippen molar-refractivity contribution in [1.29, 1.82) is 0 Å². The van der Waals surface area contributed by atoms with Crippen LogP contribution in [0.4, 0.5) is 17.2 Å². The Labute approximate surface area is 164 Å². The number of carbonyl (C=O) groups excluding carboxylic acids is 1. The number of aryl methyl sites for hydroxylation is 2. The summed E-state index contributed by atoms with van der Waals surface area (Å²) < 4.78 is 10.4. The molecule has 0 fully saturated rings. The highest BCUT2D eigenvalue weighted by molar-refractivity contribution is 6.04. The van der Waals surface area contributed by atoms with Gasteiger partial charge in [-0.25, -0.2) is 4.98 Å². The van der Waals surface area contributed by atoms with Crippen LogP contribution in [0.25, 0.3) is 0 Å². The van der Waals surface area contributed by atoms with Crippen LogP contribution >= 0.6 is 0 Å². The molecule has 6 nitrogen and oxygen atoms in total. The van der Waals surface area contributed by atoms with Crippen LogP contribution in [0.5, 0.6) is 11.5 Å². The fourth-order valence-corrected chi connectivity index (χ4v) is 2.78. The number of ether oxygens (including phenoxy) is 2. The van der Waals surface area contributed by atoms with Gasteiger partial charge in [0.05, 0.1) is 26.1 Å². The van der Waals surface area contributed by atoms with Crippen molar-refractivity contribution in [1.82, 2.24) is 4.98 Å². The Bertz CT molecular complexity index is 963. The third-order valence-electron chi connectivity index (χ3n) is 4.28. The van der Waals surface area contributed by atoms with Crippen molar-refractivity contribution in [3.05, 3.63) is 71.4 Å². The van der Waals surface area contributed by atoms with Gasteiger partial charge in [-0.3, -0.25) is 4.79 Å². The van der Waals surface area contributed by atoms with Crippen LogP contribution in [0.1, 0.15) is 21.5 Å². The summed E-state index contributed by atoms with van der Waals surface area (Å²) >= 11 is 0. The highest BCUT2D eigenvalue weighted by Crippen LogP contribution is 2.24. The van der Waals surface area contributed by atoms with Crippen molar-refractivity contribution >= 4 is 23.1 Å². The molecule has 3 rings (SSSR count). The molecule has 0 aliphatic rings. The summed E-state index contributed by atoms with van der Waals surface area (Å²) in [5.74, 6) is 1.54. The molecule has 6 heteroatoms. The Morgan fingerprint density at radius 2 is 1.64 bits per heavy atom. The second-order valence-electron chi connectivity index (χ2n) is 6.43. The fourth-order valence-electron chi connectivity index (χ4n) is 2.78. The van der Waals surface area contributed by atoms with Gasteiger partial charge in [0, 0.05) is 17.3 Å². The molecule has 0 unspecified atom stereocenters. The molecule has 0 radical (unpaired) electrons. The molecule has 1 heterocycles. The van der Waals surface area contributed by atoms with Gasteiger partial charge in [0.25, 0.3) is 5.91 Å². The maximum Gasteiger partial charge on any atom is 0.255 e. The van der Waals surface area contributed by atoms with Crippen molar-refractivity contribution < 1.29 is 14.3 Å². The summed E-state index contributed by atoms with van der Waals surface area (Å²) in [5, 5.41) is 6.12. The van der Waals surface area contributed by atoms with E-state index < -0.39 is 0 Å². The van der Waals surface area contributed by atoms with Gasteiger partial charge in [-0.2, -0.15) is 0 Å². The molecule has 0 bridgehead atoms. The standard InChI is InChI=1S/C22H23N3O3/c1-14-5-7-20(15(2)9-14)25-21-8-6-17(13-23-21)24-22(26)16-10-18(27-3)12-19(11-16)28-4/h5-13H,1-4H3,(H,23,25)(H,24,26). The Morgan fingerprint density at radius 3 is 2.21 bits per heavy atom. The molecule has 2 aromatic carbocycles. The molecule has 2 N–H and O–H groups in total. The summed E-state index contributed by atoms with van der Waals surface area (Å²) in [5.41, 5.74) is 4.39. The molecule has 0 atom stereocenters. The van der Waals surface area contributed by atoms with Crippen LogP contribution in [-0.2, 0) is 0 Å². The van der Waals surface area contributed by atoms with E-state index in [0.29, 0.717) is 28.6 Å². The van der Waals surface area contributed by atoms with Gasteiger partial charge in [0.1, 0.15) is 17.3 Å². The highest BCUT2D eigenvalue weighted by Gasteiger charge is 2.11. The van der Waals surface area contributed by atoms with Gasteiger partial charge < -0.3 is 20.1 Å². The van der Waals surface area contributed by atoms with Crippen LogP contribution in [0.2, 0.25) is 0 Å². The van der Waals surface area contributed by atoms with E-state index in [9.17, 15) is 4.79 Å². The van der Waals surface area contributed by atoms with E-state index in [0.717, 1.165) is 11.3 Å². The first-order valence-corrected chi connectivity index (χ1v) is 8.83. The maximum atomic E-state index is 12.5. The molecule has 3 aromatic rings. The number of hydrogen-bond donors (Lipinski definition) is 2. The quantitative estimate of drug-likeness (QED) is 0.651. The van der Waals surface area contributed by atoms with E-state index in [1.807, 2.05) is 25.1 Å². The van der Waals surface area contributed by atoms with E-state index >= 15 is 0 Å². The number of methoxy groups -OCH3 is 2. The molecule has 1 amide bonds. The van der Waals surface area contributed by atoms with Crippen LogP contribution in [0, 0.1) is 13.8 Å². The van der Waals surface area contributed by atoms with Crippen molar-refractivity contribution in [2.75, 3.05) is 24.9 Å². The van der Waals surface area contributed by atoms with Gasteiger partial charge in [-0.1, -0.05) is 17.7 Å². The molecule has 28 heavy (non-hydrogen) atoms. The first-order valence-electron chi connectivity index (χ1n) is 8.83. The van der Waals surface area contributed by atoms with Crippen LogP contribution in [-0.4, -0.2) is 25.1 Å². The molecular formula is C22H23N3O3. The van der Waals surface area contributed by atoms with Gasteiger partial charge >= 0.3 is 0 Å². The lowest BCUT2D eigenvalue weighted by Gasteiger charge is -2.11. The number of nitrogens with one attached hydrogen (secondary N) is 2. The number of pyridine rings is 1. The summed E-state index contributed by atoms with van der Waals surface area (Å²) in [4.78, 5) is 16.9. The summed E-state index contributed by atoms with van der Waals surface area (Å²) in [7, 11) is 3.09. The van der Waals surface area contributed by atoms with Gasteiger partial charge in [0.2, 0.25) is 0 Å². The number of rotatable bonds is 6. The summed E-state index contributed by atoms with van der Waals surface area (Å²) in [6.45, 7) is 4.11. The normalized spacial score (nSPS) is 10.3. The summed E-state index contributed by atoms with van der Waals surface area (Å²) in [6, 6.07) is 14.8. The highest BCUT2D eigenvalue weighted by atomic mass is 16.5. The number of carbonyl (C=O) groups is 1. The van der Waals surface area contributed by atoms with Crippen molar-refractivity contribution in [2.24, 2.45) is 0 Å². The van der Waals surface area contributed by atoms with E-state index in [2.05, 4.69) is 28.6 Å². The van der Waals surface area contributed by atoms with E-state index in [1.54, 1.807) is 44.7 Å². The largest absolute Gasteiger partial charge is 0.497 e. The maximum absolute atomic E-state index is 12.5. The first-order chi connectivity index (χ1) is 13.5. The molecule has 0 saturated heterocycles. The zero-order valence-electron chi connectivity index (χ0n) is 16.4. The molecule has 1 aromatic heterocycles. The second kappa shape index (κ2) is 8.43. The minimum absolute atomic E-state index is 0.269. The minimum Gasteiger partial charge on any atom is -0.497 e. The third kappa shape index (κ3) is 4.59. The van der Waals surface area contributed by atoms with Crippen LogP contribution < -0.4 is 20.1 Å². The zero-order chi connectivity index (χ0) is 20.1. The molecule has 0 aliphatic heterocycles. The monoisotopic (exact) mass is 377 g/mol. The van der Waals surface area contributed by atoms with Crippen molar-refractivity contribution in [2.45, 2.75) is 13.8 Å². The number of benzene rings is 2. The number of amides is 1. The van der Waals surface area contributed by atoms with E-state index in [1.165, 1.54) is 5.56 Å². The lowest BCUT2D eigenvalue weighted by molar-refractivity contribution is 0.102. The Morgan fingerprint density at radius 1 is 0.929 bits per heavy atom. The van der Waals surface area contributed by atoms with Crippen LogP contribution in [0.3, 0.4) is 0 Å². The van der Waals surface area contributed by atoms with E-state index in [4.69, 9.17) is 9.47 Å². The number of aromatic nitrogens is 1. The van der Waals surface area contributed by atoms with E-state index in [-0.39, 0.29) is 5.91 Å². The minimum atomic E-state index is -0.269. The lowest BCUT2D eigenvalue weighted by atomic mass is 10.1. The SMILES string of the molecule is COc1cc(OC)cc(C(=O)Nc2ccc(Nc3ccc(C)cc3C)nc2)c1. The molecule has 0 saturated carbocycles. The molecule has 0 spiro atoms. The topological polar surface area (TPSA) is 72.5 Å². The Balaban J connectivity index is 1.71. The second-order valence-corrected chi connectivity index (χ2v) is 6.43. The third-order valence-corrected chi connectivity index (χ3v) is 4.28. The van der Waals surface area contributed by atoms with Gasteiger partial charge in [-0.05, 0) is 49.7 Å². The van der Waals surface area contributed by atoms with Crippen molar-refractivity contribution in [3.8, 4) is 11.5 Å². The first kappa shape index (κ1) is 19.2. The molecule has 0 aliphatic carbocycles. The average Bonchev–Trinajstić information content (AvgIpc) is 2.71. The van der Waals surface area contributed by atoms with Gasteiger partial charge in [0.15, 0.2) is 0 Å². The van der Waals surface area contributed by atoms with Crippen LogP contribution in [0.15, 0.2) is 54.7 Å².